The predicted octanol–water partition coefficient (Wildman–Crippen LogP) is 3.63. The predicted molar refractivity (Wildman–Crippen MR) is 82.8 cm³/mol. The number of pyridine rings is 1. The van der Waals surface area contributed by atoms with Gasteiger partial charge in [-0.1, -0.05) is 11.6 Å². The zero-order valence-electron chi connectivity index (χ0n) is 11.2. The molecule has 20 heavy (non-hydrogen) atoms. The first kappa shape index (κ1) is 14.8. The molecule has 0 atom stereocenters. The fourth-order valence-electron chi connectivity index (χ4n) is 1.73. The number of aromatic nitrogens is 1. The highest BCUT2D eigenvalue weighted by Crippen LogP contribution is 2.36. The lowest BCUT2D eigenvalue weighted by Crippen LogP contribution is -1.97. The Labute approximate surface area is 127 Å². The van der Waals surface area contributed by atoms with Gasteiger partial charge in [0.2, 0.25) is 0 Å². The molecule has 4 nitrogen and oxygen atoms in total. The summed E-state index contributed by atoms with van der Waals surface area (Å²) >= 11 is 7.69. The van der Waals surface area contributed by atoms with E-state index in [0.717, 1.165) is 10.6 Å². The van der Waals surface area contributed by atoms with E-state index in [4.69, 9.17) is 26.8 Å². The summed E-state index contributed by atoms with van der Waals surface area (Å²) in [5, 5.41) is 0.672. The van der Waals surface area contributed by atoms with Crippen molar-refractivity contribution in [1.82, 2.24) is 4.98 Å². The molecular weight excluding hydrogens is 296 g/mol. The molecule has 0 saturated heterocycles. The number of ether oxygens (including phenoxy) is 2. The Balaban J connectivity index is 2.20. The second-order valence-corrected chi connectivity index (χ2v) is 5.40. The van der Waals surface area contributed by atoms with Crippen molar-refractivity contribution in [3.8, 4) is 11.5 Å². The van der Waals surface area contributed by atoms with E-state index in [9.17, 15) is 0 Å². The van der Waals surface area contributed by atoms with Crippen LogP contribution in [0, 0.1) is 0 Å². The van der Waals surface area contributed by atoms with Gasteiger partial charge in [0.05, 0.1) is 24.9 Å². The number of nitrogens with zero attached hydrogens (tertiary/aromatic N) is 1. The molecule has 2 rings (SSSR count). The van der Waals surface area contributed by atoms with E-state index in [1.165, 1.54) is 0 Å². The molecule has 0 amide bonds. The monoisotopic (exact) mass is 310 g/mol. The minimum Gasteiger partial charge on any atom is -0.493 e. The van der Waals surface area contributed by atoms with Crippen LogP contribution in [0.1, 0.15) is 5.69 Å². The van der Waals surface area contributed by atoms with Gasteiger partial charge in [-0.25, -0.2) is 0 Å². The number of methoxy groups -OCH3 is 2. The van der Waals surface area contributed by atoms with Crippen molar-refractivity contribution in [2.24, 2.45) is 0 Å². The van der Waals surface area contributed by atoms with Gasteiger partial charge in [0.25, 0.3) is 0 Å². The van der Waals surface area contributed by atoms with E-state index in [0.29, 0.717) is 28.0 Å². The maximum Gasteiger partial charge on any atom is 0.183 e. The average molecular weight is 311 g/mol. The van der Waals surface area contributed by atoms with Crippen molar-refractivity contribution in [3.63, 3.8) is 0 Å². The van der Waals surface area contributed by atoms with E-state index in [1.807, 2.05) is 6.07 Å². The Kier molecular flexibility index (Phi) is 4.98. The number of benzene rings is 1. The Morgan fingerprint density at radius 3 is 2.75 bits per heavy atom. The molecule has 0 aliphatic carbocycles. The van der Waals surface area contributed by atoms with Crippen molar-refractivity contribution < 1.29 is 9.47 Å². The van der Waals surface area contributed by atoms with Crippen LogP contribution < -0.4 is 15.2 Å². The van der Waals surface area contributed by atoms with Crippen LogP contribution >= 0.6 is 23.4 Å². The molecular formula is C14H15ClN2O2S. The Bertz CT molecular complexity index is 608. The van der Waals surface area contributed by atoms with Gasteiger partial charge in [-0.2, -0.15) is 0 Å². The van der Waals surface area contributed by atoms with Crippen LogP contribution in [-0.2, 0) is 5.75 Å². The van der Waals surface area contributed by atoms with E-state index in [1.54, 1.807) is 50.4 Å². The number of thioether (sulfide) groups is 1. The molecule has 0 aliphatic heterocycles. The van der Waals surface area contributed by atoms with Crippen molar-refractivity contribution in [2.45, 2.75) is 10.6 Å². The smallest absolute Gasteiger partial charge is 0.183 e. The molecule has 6 heteroatoms. The summed E-state index contributed by atoms with van der Waals surface area (Å²) in [5.74, 6) is 1.92. The zero-order valence-corrected chi connectivity index (χ0v) is 12.8. The molecule has 1 aromatic heterocycles. The Morgan fingerprint density at radius 2 is 2.05 bits per heavy atom. The first-order valence-corrected chi connectivity index (χ1v) is 7.25. The van der Waals surface area contributed by atoms with E-state index in [-0.39, 0.29) is 0 Å². The highest BCUT2D eigenvalue weighted by Gasteiger charge is 2.12. The van der Waals surface area contributed by atoms with Crippen LogP contribution in [0.25, 0.3) is 0 Å². The lowest BCUT2D eigenvalue weighted by molar-refractivity contribution is 0.350. The Hall–Kier alpha value is -1.59. The molecule has 0 radical (unpaired) electrons. The average Bonchev–Trinajstić information content (AvgIpc) is 2.47. The van der Waals surface area contributed by atoms with Gasteiger partial charge in [0.15, 0.2) is 11.5 Å². The van der Waals surface area contributed by atoms with Crippen molar-refractivity contribution in [3.05, 3.63) is 41.2 Å². The standard InChI is InChI=1S/C14H15ClN2O2S/c1-18-12-5-6-17-11(14(12)19-2)8-20-13-7-9(16)3-4-10(13)15/h3-7H,8,16H2,1-2H3. The molecule has 0 spiro atoms. The second kappa shape index (κ2) is 6.72. The Morgan fingerprint density at radius 1 is 1.25 bits per heavy atom. The highest BCUT2D eigenvalue weighted by molar-refractivity contribution is 7.98. The fourth-order valence-corrected chi connectivity index (χ4v) is 2.93. The largest absolute Gasteiger partial charge is 0.493 e. The number of rotatable bonds is 5. The molecule has 0 unspecified atom stereocenters. The number of halogens is 1. The van der Waals surface area contributed by atoms with Gasteiger partial charge < -0.3 is 15.2 Å². The highest BCUT2D eigenvalue weighted by atomic mass is 35.5. The lowest BCUT2D eigenvalue weighted by atomic mass is 10.3. The summed E-state index contributed by atoms with van der Waals surface area (Å²) in [6.45, 7) is 0. The van der Waals surface area contributed by atoms with Crippen molar-refractivity contribution in [1.29, 1.82) is 0 Å². The van der Waals surface area contributed by atoms with E-state index < -0.39 is 0 Å². The van der Waals surface area contributed by atoms with Crippen LogP contribution in [0.5, 0.6) is 11.5 Å². The van der Waals surface area contributed by atoms with Gasteiger partial charge >= 0.3 is 0 Å². The van der Waals surface area contributed by atoms with Crippen molar-refractivity contribution in [2.75, 3.05) is 20.0 Å². The molecule has 2 aromatic rings. The van der Waals surface area contributed by atoms with Gasteiger partial charge in [0.1, 0.15) is 0 Å². The van der Waals surface area contributed by atoms with Gasteiger partial charge in [-0.3, -0.25) is 4.98 Å². The number of hydrogen-bond donors (Lipinski definition) is 1. The third kappa shape index (κ3) is 3.29. The summed E-state index contributed by atoms with van der Waals surface area (Å²) < 4.78 is 10.6. The molecule has 0 fully saturated rings. The lowest BCUT2D eigenvalue weighted by Gasteiger charge is -2.11. The van der Waals surface area contributed by atoms with Crippen LogP contribution in [0.4, 0.5) is 5.69 Å². The maximum absolute atomic E-state index is 6.14. The molecule has 0 saturated carbocycles. The maximum atomic E-state index is 6.14. The summed E-state index contributed by atoms with van der Waals surface area (Å²) in [6.07, 6.45) is 1.69. The first-order chi connectivity index (χ1) is 9.65. The number of hydrogen-bond acceptors (Lipinski definition) is 5. The zero-order chi connectivity index (χ0) is 14.5. The molecule has 0 aliphatic rings. The van der Waals surface area contributed by atoms with Crippen molar-refractivity contribution >= 4 is 29.1 Å². The normalized spacial score (nSPS) is 10.3. The summed E-state index contributed by atoms with van der Waals surface area (Å²) in [4.78, 5) is 5.24. The SMILES string of the molecule is COc1ccnc(CSc2cc(N)ccc2Cl)c1OC. The van der Waals surface area contributed by atoms with E-state index >= 15 is 0 Å². The van der Waals surface area contributed by atoms with E-state index in [2.05, 4.69) is 4.98 Å². The molecule has 1 aromatic carbocycles. The summed E-state index contributed by atoms with van der Waals surface area (Å²) in [7, 11) is 3.20. The minimum atomic E-state index is 0.615. The number of nitrogens with two attached hydrogens (primary N) is 1. The minimum absolute atomic E-state index is 0.615. The van der Waals surface area contributed by atoms with Crippen LogP contribution in [-0.4, -0.2) is 19.2 Å². The number of anilines is 1. The quantitative estimate of drug-likeness (QED) is 0.675. The third-order valence-corrected chi connectivity index (χ3v) is 4.19. The van der Waals surface area contributed by atoms with Crippen LogP contribution in [0.3, 0.4) is 0 Å². The number of nitrogen functional groups attached to an aromatic ring is 1. The van der Waals surface area contributed by atoms with Gasteiger partial charge in [-0.15, -0.1) is 11.8 Å². The van der Waals surface area contributed by atoms with Gasteiger partial charge in [-0.05, 0) is 18.2 Å². The first-order valence-electron chi connectivity index (χ1n) is 5.89. The van der Waals surface area contributed by atoms with Gasteiger partial charge in [0, 0.05) is 28.6 Å². The topological polar surface area (TPSA) is 57.4 Å². The second-order valence-electron chi connectivity index (χ2n) is 3.97. The fraction of sp³-hybridized carbons (Fsp3) is 0.214. The summed E-state index contributed by atoms with van der Waals surface area (Å²) in [5.41, 5.74) is 7.25. The molecule has 2 N–H and O–H groups in total. The molecule has 106 valence electrons. The molecule has 1 heterocycles. The molecule has 0 bridgehead atoms. The summed E-state index contributed by atoms with van der Waals surface area (Å²) in [6, 6.07) is 7.17. The van der Waals surface area contributed by atoms with Crippen LogP contribution in [0.2, 0.25) is 5.02 Å². The van der Waals surface area contributed by atoms with Crippen LogP contribution in [0.15, 0.2) is 35.4 Å². The third-order valence-electron chi connectivity index (χ3n) is 2.69.